The van der Waals surface area contributed by atoms with Gasteiger partial charge in [-0.2, -0.15) is 0 Å². The fourth-order valence-electron chi connectivity index (χ4n) is 4.66. The lowest BCUT2D eigenvalue weighted by Crippen LogP contribution is -2.48. The molecule has 5 rings (SSSR count). The Kier molecular flexibility index (Phi) is 8.20. The Balaban J connectivity index is 1.29. The summed E-state index contributed by atoms with van der Waals surface area (Å²) in [5, 5.41) is 6.63. The van der Waals surface area contributed by atoms with Crippen molar-refractivity contribution in [2.45, 2.75) is 34.3 Å². The number of carbonyl (C=O) groups is 1. The summed E-state index contributed by atoms with van der Waals surface area (Å²) in [6.45, 7) is 3.71. The fourth-order valence-corrected chi connectivity index (χ4v) is 6.53. The molecule has 39 heavy (non-hydrogen) atoms. The summed E-state index contributed by atoms with van der Waals surface area (Å²) in [5.41, 5.74) is 0.781. The molecule has 7 nitrogen and oxygen atoms in total. The van der Waals surface area contributed by atoms with Crippen molar-refractivity contribution in [3.8, 4) is 0 Å². The molecule has 2 N–H and O–H groups in total. The van der Waals surface area contributed by atoms with Crippen molar-refractivity contribution in [2.24, 2.45) is 0 Å². The number of nitrogens with zero attached hydrogens (tertiary/aromatic N) is 4. The second-order valence-corrected chi connectivity index (χ2v) is 12.0. The highest BCUT2D eigenvalue weighted by Crippen LogP contribution is 2.38. The van der Waals surface area contributed by atoms with Crippen molar-refractivity contribution in [1.29, 1.82) is 0 Å². The highest BCUT2D eigenvalue weighted by Gasteiger charge is 2.38. The lowest BCUT2D eigenvalue weighted by Gasteiger charge is -2.41. The summed E-state index contributed by atoms with van der Waals surface area (Å²) in [6.07, 6.45) is 6.13. The molecule has 1 amide bonds. The number of hydrogen-bond acceptors (Lipinski definition) is 8. The largest absolute Gasteiger partial charge is 0.350 e. The van der Waals surface area contributed by atoms with Crippen LogP contribution in [0.15, 0.2) is 70.2 Å². The Labute approximate surface area is 234 Å². The minimum atomic E-state index is -0.702. The SMILES string of the molecule is Cc1ccnc(Nc2ncc(Sc3ccnc(C(=O)NCC4(c5ccccc5F)CCN(C)CC4)c3F)s2)c1. The molecule has 202 valence electrons. The van der Waals surface area contributed by atoms with E-state index in [0.717, 1.165) is 22.9 Å². The van der Waals surface area contributed by atoms with Gasteiger partial charge in [0.05, 0.1) is 15.3 Å². The third-order valence-electron chi connectivity index (χ3n) is 6.89. The van der Waals surface area contributed by atoms with Gasteiger partial charge in [0.15, 0.2) is 16.6 Å². The molecule has 0 radical (unpaired) electrons. The van der Waals surface area contributed by atoms with Crippen molar-refractivity contribution in [2.75, 3.05) is 32.0 Å². The zero-order valence-electron chi connectivity index (χ0n) is 21.6. The lowest BCUT2D eigenvalue weighted by molar-refractivity contribution is 0.0916. The molecule has 0 bridgehead atoms. The molecular formula is C28H28F2N6OS2. The fraction of sp³-hybridized carbons (Fsp3) is 0.286. The van der Waals surface area contributed by atoms with Gasteiger partial charge in [-0.15, -0.1) is 0 Å². The monoisotopic (exact) mass is 566 g/mol. The summed E-state index contributed by atoms with van der Waals surface area (Å²) >= 11 is 2.52. The van der Waals surface area contributed by atoms with Gasteiger partial charge in [-0.1, -0.05) is 41.3 Å². The van der Waals surface area contributed by atoms with E-state index in [1.807, 2.05) is 26.1 Å². The molecular weight excluding hydrogens is 538 g/mol. The molecule has 1 aliphatic heterocycles. The van der Waals surface area contributed by atoms with Gasteiger partial charge >= 0.3 is 0 Å². The maximum absolute atomic E-state index is 15.5. The Morgan fingerprint density at radius 1 is 1.10 bits per heavy atom. The molecule has 1 fully saturated rings. The molecule has 1 saturated heterocycles. The Morgan fingerprint density at radius 3 is 2.64 bits per heavy atom. The number of carbonyl (C=O) groups excluding carboxylic acids is 1. The first-order chi connectivity index (χ1) is 18.8. The van der Waals surface area contributed by atoms with E-state index in [1.165, 1.54) is 41.4 Å². The van der Waals surface area contributed by atoms with Crippen LogP contribution in [0.1, 0.15) is 34.5 Å². The third-order valence-corrected chi connectivity index (χ3v) is 8.94. The number of anilines is 2. The van der Waals surface area contributed by atoms with Crippen LogP contribution in [0.3, 0.4) is 0 Å². The predicted molar refractivity (Wildman–Crippen MR) is 150 cm³/mol. The normalized spacial score (nSPS) is 15.2. The van der Waals surface area contributed by atoms with Crippen molar-refractivity contribution in [3.63, 3.8) is 0 Å². The number of benzene rings is 1. The second kappa shape index (κ2) is 11.8. The number of aromatic nitrogens is 3. The van der Waals surface area contributed by atoms with Crippen LogP contribution in [0.5, 0.6) is 0 Å². The van der Waals surface area contributed by atoms with Crippen LogP contribution in [0.4, 0.5) is 19.7 Å². The van der Waals surface area contributed by atoms with Gasteiger partial charge in [-0.05, 0) is 75.3 Å². The third kappa shape index (κ3) is 6.26. The Hall–Kier alpha value is -3.41. The molecule has 1 aliphatic rings. The van der Waals surface area contributed by atoms with Crippen molar-refractivity contribution < 1.29 is 13.6 Å². The van der Waals surface area contributed by atoms with Gasteiger partial charge in [0, 0.05) is 24.4 Å². The van der Waals surface area contributed by atoms with Crippen molar-refractivity contribution in [3.05, 3.63) is 89.5 Å². The smallest absolute Gasteiger partial charge is 0.273 e. The van der Waals surface area contributed by atoms with Gasteiger partial charge in [-0.25, -0.2) is 23.7 Å². The average Bonchev–Trinajstić information content (AvgIpc) is 3.36. The quantitative estimate of drug-likeness (QED) is 0.279. The van der Waals surface area contributed by atoms with E-state index >= 15 is 4.39 Å². The first-order valence-electron chi connectivity index (χ1n) is 12.5. The zero-order valence-corrected chi connectivity index (χ0v) is 23.2. The van der Waals surface area contributed by atoms with Gasteiger partial charge in [0.1, 0.15) is 11.6 Å². The summed E-state index contributed by atoms with van der Waals surface area (Å²) < 4.78 is 31.0. The first kappa shape index (κ1) is 27.2. The maximum atomic E-state index is 15.5. The molecule has 0 aliphatic carbocycles. The lowest BCUT2D eigenvalue weighted by atomic mass is 9.72. The van der Waals surface area contributed by atoms with Crippen LogP contribution in [0.2, 0.25) is 0 Å². The Bertz CT molecular complexity index is 1470. The van der Waals surface area contributed by atoms with Gasteiger partial charge in [-0.3, -0.25) is 4.79 Å². The number of nitrogens with one attached hydrogen (secondary N) is 2. The molecule has 3 aromatic heterocycles. The topological polar surface area (TPSA) is 83.0 Å². The molecule has 4 aromatic rings. The van der Waals surface area contributed by atoms with Crippen LogP contribution in [0, 0.1) is 18.6 Å². The second-order valence-electron chi connectivity index (χ2n) is 9.65. The maximum Gasteiger partial charge on any atom is 0.273 e. The first-order valence-corrected chi connectivity index (χ1v) is 14.2. The molecule has 0 saturated carbocycles. The molecule has 0 unspecified atom stereocenters. The number of halogens is 2. The van der Waals surface area contributed by atoms with E-state index in [1.54, 1.807) is 30.6 Å². The Morgan fingerprint density at radius 2 is 1.87 bits per heavy atom. The minimum absolute atomic E-state index is 0.190. The standard InChI is InChI=1S/C28H28F2N6OS2/c1-18-7-11-31-22(15-18)35-27-33-16-23(39-27)38-21-8-12-32-25(24(21)30)26(37)34-17-28(9-13-36(2)14-10-28)19-5-3-4-6-20(19)29/h3-8,11-12,15-16H,9-10,13-14,17H2,1-2H3,(H,34,37)(H,31,33,35). The number of piperidine rings is 1. The molecule has 1 aromatic carbocycles. The summed E-state index contributed by atoms with van der Waals surface area (Å²) in [7, 11) is 2.02. The van der Waals surface area contributed by atoms with Crippen LogP contribution in [-0.2, 0) is 5.41 Å². The molecule has 4 heterocycles. The highest BCUT2D eigenvalue weighted by atomic mass is 32.2. The van der Waals surface area contributed by atoms with Gasteiger partial charge < -0.3 is 15.5 Å². The van der Waals surface area contributed by atoms with Gasteiger partial charge in [0.25, 0.3) is 5.91 Å². The van der Waals surface area contributed by atoms with Crippen LogP contribution in [0.25, 0.3) is 0 Å². The number of amides is 1. The highest BCUT2D eigenvalue weighted by molar-refractivity contribution is 8.01. The van der Waals surface area contributed by atoms with E-state index in [-0.39, 0.29) is 23.0 Å². The van der Waals surface area contributed by atoms with E-state index in [9.17, 15) is 9.18 Å². The minimum Gasteiger partial charge on any atom is -0.350 e. The van der Waals surface area contributed by atoms with Crippen molar-refractivity contribution >= 4 is 40.0 Å². The molecule has 11 heteroatoms. The van der Waals surface area contributed by atoms with E-state index in [2.05, 4.69) is 30.5 Å². The number of pyridine rings is 2. The number of rotatable bonds is 8. The summed E-state index contributed by atoms with van der Waals surface area (Å²) in [6, 6.07) is 12.0. The molecule has 0 atom stereocenters. The van der Waals surface area contributed by atoms with E-state index in [0.29, 0.717) is 29.4 Å². The molecule has 0 spiro atoms. The van der Waals surface area contributed by atoms with Gasteiger partial charge in [0.2, 0.25) is 0 Å². The van der Waals surface area contributed by atoms with E-state index < -0.39 is 17.1 Å². The number of aryl methyl sites for hydroxylation is 1. The predicted octanol–water partition coefficient (Wildman–Crippen LogP) is 5.81. The van der Waals surface area contributed by atoms with Crippen LogP contribution >= 0.6 is 23.1 Å². The number of likely N-dealkylation sites (tertiary alicyclic amines) is 1. The average molecular weight is 567 g/mol. The summed E-state index contributed by atoms with van der Waals surface area (Å²) in [4.78, 5) is 28.2. The summed E-state index contributed by atoms with van der Waals surface area (Å²) in [5.74, 6) is -0.948. The van der Waals surface area contributed by atoms with Crippen LogP contribution < -0.4 is 10.6 Å². The van der Waals surface area contributed by atoms with E-state index in [4.69, 9.17) is 0 Å². The number of thiazole rings is 1. The van der Waals surface area contributed by atoms with Crippen molar-refractivity contribution in [1.82, 2.24) is 25.2 Å². The zero-order chi connectivity index (χ0) is 27.4. The number of hydrogen-bond donors (Lipinski definition) is 2. The van der Waals surface area contributed by atoms with Crippen LogP contribution in [-0.4, -0.2) is 52.4 Å².